The van der Waals surface area contributed by atoms with Gasteiger partial charge < -0.3 is 10.6 Å². The van der Waals surface area contributed by atoms with Crippen LogP contribution in [-0.4, -0.2) is 28.9 Å². The molecule has 1 aromatic heterocycles. The van der Waals surface area contributed by atoms with Crippen molar-refractivity contribution in [2.75, 3.05) is 13.1 Å². The molecule has 72 valence electrons. The third kappa shape index (κ3) is 1.73. The maximum Gasteiger partial charge on any atom is 0.0538 e. The molecule has 0 spiro atoms. The fraction of sp³-hybridized carbons (Fsp3) is 0.667. The third-order valence-corrected chi connectivity index (χ3v) is 2.54. The monoisotopic (exact) mass is 180 g/mol. The molecule has 1 saturated heterocycles. The molecule has 4 nitrogen and oxygen atoms in total. The van der Waals surface area contributed by atoms with Crippen molar-refractivity contribution < 1.29 is 0 Å². The van der Waals surface area contributed by atoms with Crippen LogP contribution in [0.15, 0.2) is 12.4 Å². The van der Waals surface area contributed by atoms with Crippen LogP contribution in [0.25, 0.3) is 0 Å². The summed E-state index contributed by atoms with van der Waals surface area (Å²) in [5.74, 6) is 0. The molecule has 0 aromatic carbocycles. The van der Waals surface area contributed by atoms with E-state index < -0.39 is 0 Å². The van der Waals surface area contributed by atoms with Gasteiger partial charge >= 0.3 is 0 Å². The molecule has 2 heterocycles. The Balaban J connectivity index is 2.14. The molecular formula is C9H16N4. The predicted octanol–water partition coefficient (Wildman–Crippen LogP) is 0.0425. The average Bonchev–Trinajstić information content (AvgIpc) is 2.53. The molecule has 1 aliphatic rings. The van der Waals surface area contributed by atoms with E-state index in [0.29, 0.717) is 12.1 Å². The molecule has 1 fully saturated rings. The summed E-state index contributed by atoms with van der Waals surface area (Å²) in [7, 11) is 1.95. The SMILES string of the molecule is CC1NCCNC1c1cnn(C)c1. The fourth-order valence-electron chi connectivity index (χ4n) is 1.83. The van der Waals surface area contributed by atoms with Gasteiger partial charge in [-0.1, -0.05) is 0 Å². The van der Waals surface area contributed by atoms with E-state index in [1.54, 1.807) is 0 Å². The van der Waals surface area contributed by atoms with Crippen LogP contribution in [-0.2, 0) is 7.05 Å². The van der Waals surface area contributed by atoms with Gasteiger partial charge in [0.05, 0.1) is 12.2 Å². The highest BCUT2D eigenvalue weighted by Crippen LogP contribution is 2.17. The van der Waals surface area contributed by atoms with Gasteiger partial charge in [-0.2, -0.15) is 5.10 Å². The van der Waals surface area contributed by atoms with Gasteiger partial charge in [-0.05, 0) is 6.92 Å². The number of hydrogen-bond donors (Lipinski definition) is 2. The molecular weight excluding hydrogens is 164 g/mol. The van der Waals surface area contributed by atoms with Crippen LogP contribution in [0.5, 0.6) is 0 Å². The Bertz CT molecular complexity index is 281. The van der Waals surface area contributed by atoms with E-state index in [0.717, 1.165) is 13.1 Å². The van der Waals surface area contributed by atoms with Crippen molar-refractivity contribution in [2.24, 2.45) is 7.05 Å². The summed E-state index contributed by atoms with van der Waals surface area (Å²) >= 11 is 0. The smallest absolute Gasteiger partial charge is 0.0538 e. The highest BCUT2D eigenvalue weighted by atomic mass is 15.2. The normalized spacial score (nSPS) is 29.1. The van der Waals surface area contributed by atoms with Crippen LogP contribution < -0.4 is 10.6 Å². The van der Waals surface area contributed by atoms with Crippen molar-refractivity contribution in [3.63, 3.8) is 0 Å². The Morgan fingerprint density at radius 1 is 1.46 bits per heavy atom. The largest absolute Gasteiger partial charge is 0.311 e. The van der Waals surface area contributed by atoms with Gasteiger partial charge in [-0.15, -0.1) is 0 Å². The number of nitrogens with one attached hydrogen (secondary N) is 2. The summed E-state index contributed by atoms with van der Waals surface area (Å²) in [5, 5.41) is 11.1. The summed E-state index contributed by atoms with van der Waals surface area (Å²) in [6.07, 6.45) is 4.00. The van der Waals surface area contributed by atoms with Crippen LogP contribution in [0, 0.1) is 0 Å². The number of aromatic nitrogens is 2. The molecule has 4 heteroatoms. The zero-order valence-electron chi connectivity index (χ0n) is 8.12. The summed E-state index contributed by atoms with van der Waals surface area (Å²) in [4.78, 5) is 0. The molecule has 0 aliphatic carbocycles. The van der Waals surface area contributed by atoms with E-state index in [-0.39, 0.29) is 0 Å². The number of piperazine rings is 1. The van der Waals surface area contributed by atoms with Gasteiger partial charge in [0.1, 0.15) is 0 Å². The van der Waals surface area contributed by atoms with E-state index in [1.807, 2.05) is 17.9 Å². The molecule has 2 rings (SSSR count). The quantitative estimate of drug-likeness (QED) is 0.641. The highest BCUT2D eigenvalue weighted by Gasteiger charge is 2.22. The Kier molecular flexibility index (Phi) is 2.33. The summed E-state index contributed by atoms with van der Waals surface area (Å²) in [5.41, 5.74) is 1.27. The zero-order valence-corrected chi connectivity index (χ0v) is 8.12. The van der Waals surface area contributed by atoms with Crippen LogP contribution in [0.4, 0.5) is 0 Å². The molecule has 2 unspecified atom stereocenters. The van der Waals surface area contributed by atoms with Gasteiger partial charge in [0.2, 0.25) is 0 Å². The number of hydrogen-bond acceptors (Lipinski definition) is 3. The summed E-state index contributed by atoms with van der Waals surface area (Å²) < 4.78 is 1.85. The molecule has 0 radical (unpaired) electrons. The summed E-state index contributed by atoms with van der Waals surface area (Å²) in [6, 6.07) is 0.889. The predicted molar refractivity (Wildman–Crippen MR) is 51.4 cm³/mol. The first kappa shape index (κ1) is 8.72. The maximum absolute atomic E-state index is 4.18. The lowest BCUT2D eigenvalue weighted by molar-refractivity contribution is 0.345. The summed E-state index contributed by atoms with van der Waals surface area (Å²) in [6.45, 7) is 4.28. The first-order chi connectivity index (χ1) is 6.27. The standard InChI is InChI=1S/C9H16N4/c1-7-9(11-4-3-10-7)8-5-12-13(2)6-8/h5-7,9-11H,3-4H2,1-2H3. The minimum Gasteiger partial charge on any atom is -0.311 e. The lowest BCUT2D eigenvalue weighted by Gasteiger charge is -2.30. The van der Waals surface area contributed by atoms with Gasteiger partial charge in [-0.3, -0.25) is 4.68 Å². The van der Waals surface area contributed by atoms with Crippen molar-refractivity contribution in [1.29, 1.82) is 0 Å². The lowest BCUT2D eigenvalue weighted by atomic mass is 10.0. The number of aryl methyl sites for hydroxylation is 1. The van der Waals surface area contributed by atoms with Crippen LogP contribution in [0.3, 0.4) is 0 Å². The molecule has 0 saturated carbocycles. The Morgan fingerprint density at radius 3 is 2.85 bits per heavy atom. The molecule has 0 bridgehead atoms. The third-order valence-electron chi connectivity index (χ3n) is 2.54. The second-order valence-corrected chi connectivity index (χ2v) is 3.62. The zero-order chi connectivity index (χ0) is 9.26. The van der Waals surface area contributed by atoms with Gasteiger partial charge in [-0.25, -0.2) is 0 Å². The van der Waals surface area contributed by atoms with E-state index in [1.165, 1.54) is 5.56 Å². The molecule has 1 aromatic rings. The molecule has 0 amide bonds. The minimum absolute atomic E-state index is 0.405. The maximum atomic E-state index is 4.18. The lowest BCUT2D eigenvalue weighted by Crippen LogP contribution is -2.48. The first-order valence-corrected chi connectivity index (χ1v) is 4.72. The molecule has 2 N–H and O–H groups in total. The van der Waals surface area contributed by atoms with Crippen molar-refractivity contribution in [3.05, 3.63) is 18.0 Å². The van der Waals surface area contributed by atoms with Crippen LogP contribution in [0.2, 0.25) is 0 Å². The molecule has 13 heavy (non-hydrogen) atoms. The second-order valence-electron chi connectivity index (χ2n) is 3.62. The van der Waals surface area contributed by atoms with Crippen molar-refractivity contribution in [3.8, 4) is 0 Å². The fourth-order valence-corrected chi connectivity index (χ4v) is 1.83. The molecule has 2 atom stereocenters. The van der Waals surface area contributed by atoms with Crippen molar-refractivity contribution in [2.45, 2.75) is 19.0 Å². The second kappa shape index (κ2) is 3.47. The van der Waals surface area contributed by atoms with Crippen molar-refractivity contribution in [1.82, 2.24) is 20.4 Å². The van der Waals surface area contributed by atoms with Crippen LogP contribution >= 0.6 is 0 Å². The minimum atomic E-state index is 0.405. The van der Waals surface area contributed by atoms with Crippen molar-refractivity contribution >= 4 is 0 Å². The molecule has 1 aliphatic heterocycles. The van der Waals surface area contributed by atoms with Crippen LogP contribution in [0.1, 0.15) is 18.5 Å². The Hall–Kier alpha value is -0.870. The van der Waals surface area contributed by atoms with E-state index in [4.69, 9.17) is 0 Å². The highest BCUT2D eigenvalue weighted by molar-refractivity contribution is 5.13. The number of nitrogens with zero attached hydrogens (tertiary/aromatic N) is 2. The Morgan fingerprint density at radius 2 is 2.23 bits per heavy atom. The van der Waals surface area contributed by atoms with E-state index in [9.17, 15) is 0 Å². The Labute approximate surface area is 78.3 Å². The van der Waals surface area contributed by atoms with E-state index in [2.05, 4.69) is 28.9 Å². The van der Waals surface area contributed by atoms with Gasteiger partial charge in [0, 0.05) is 37.9 Å². The van der Waals surface area contributed by atoms with Gasteiger partial charge in [0.15, 0.2) is 0 Å². The van der Waals surface area contributed by atoms with E-state index >= 15 is 0 Å². The topological polar surface area (TPSA) is 41.9 Å². The average molecular weight is 180 g/mol. The van der Waals surface area contributed by atoms with Gasteiger partial charge in [0.25, 0.3) is 0 Å². The number of rotatable bonds is 1. The first-order valence-electron chi connectivity index (χ1n) is 4.72.